The molecule has 3 heterocycles. The number of fused-ring (bicyclic) bond motifs is 1. The van der Waals surface area contributed by atoms with Gasteiger partial charge in [0.15, 0.2) is 0 Å². The first-order valence-corrected chi connectivity index (χ1v) is 10.2. The zero-order chi connectivity index (χ0) is 19.8. The molecule has 0 unspecified atom stereocenters. The summed E-state index contributed by atoms with van der Waals surface area (Å²) >= 11 is 0. The van der Waals surface area contributed by atoms with Gasteiger partial charge >= 0.3 is 0 Å². The fraction of sp³-hybridized carbons (Fsp3) is 0.304. The van der Waals surface area contributed by atoms with E-state index in [1.807, 2.05) is 23.1 Å². The van der Waals surface area contributed by atoms with Crippen LogP contribution in [0.25, 0.3) is 22.4 Å². The largest absolute Gasteiger partial charge is 0.369 e. The summed E-state index contributed by atoms with van der Waals surface area (Å²) in [6.07, 6.45) is 3.80. The summed E-state index contributed by atoms with van der Waals surface area (Å²) in [6.45, 7) is 7.22. The number of aromatic amines is 1. The van der Waals surface area contributed by atoms with Gasteiger partial charge in [-0.3, -0.25) is 4.68 Å². The molecule has 6 heteroatoms. The van der Waals surface area contributed by atoms with E-state index in [2.05, 4.69) is 70.3 Å². The van der Waals surface area contributed by atoms with Crippen LogP contribution >= 0.6 is 0 Å². The van der Waals surface area contributed by atoms with Crippen molar-refractivity contribution in [2.24, 2.45) is 0 Å². The summed E-state index contributed by atoms with van der Waals surface area (Å²) in [5, 5.41) is 4.35. The topological polar surface area (TPSA) is 53.0 Å². The van der Waals surface area contributed by atoms with Crippen LogP contribution in [-0.4, -0.2) is 57.9 Å². The van der Waals surface area contributed by atoms with E-state index < -0.39 is 0 Å². The molecule has 2 aromatic heterocycles. The van der Waals surface area contributed by atoms with E-state index in [-0.39, 0.29) is 0 Å². The number of hydrogen-bond acceptors (Lipinski definition) is 4. The van der Waals surface area contributed by atoms with Crippen LogP contribution in [0.3, 0.4) is 0 Å². The summed E-state index contributed by atoms with van der Waals surface area (Å²) in [5.41, 5.74) is 6.97. The molecule has 1 aliphatic heterocycles. The number of aromatic nitrogens is 4. The molecule has 1 saturated heterocycles. The Kier molecular flexibility index (Phi) is 4.56. The van der Waals surface area contributed by atoms with Gasteiger partial charge in [0, 0.05) is 49.8 Å². The molecule has 0 radical (unpaired) electrons. The average Bonchev–Trinajstić information content (AvgIpc) is 3.39. The van der Waals surface area contributed by atoms with Crippen LogP contribution in [0.4, 0.5) is 5.69 Å². The fourth-order valence-electron chi connectivity index (χ4n) is 4.10. The Bertz CT molecular complexity index is 1120. The molecule has 148 valence electrons. The third kappa shape index (κ3) is 3.51. The van der Waals surface area contributed by atoms with E-state index >= 15 is 0 Å². The summed E-state index contributed by atoms with van der Waals surface area (Å²) in [4.78, 5) is 13.4. The van der Waals surface area contributed by atoms with Gasteiger partial charge in [-0.25, -0.2) is 4.98 Å². The lowest BCUT2D eigenvalue weighted by Gasteiger charge is -2.34. The van der Waals surface area contributed by atoms with E-state index in [0.29, 0.717) is 0 Å². The Labute approximate surface area is 170 Å². The Morgan fingerprint density at radius 3 is 2.66 bits per heavy atom. The van der Waals surface area contributed by atoms with Crippen molar-refractivity contribution in [2.45, 2.75) is 13.5 Å². The molecule has 0 saturated carbocycles. The number of piperazine rings is 1. The van der Waals surface area contributed by atoms with Crippen LogP contribution in [-0.2, 0) is 6.54 Å². The van der Waals surface area contributed by atoms with E-state index in [0.717, 1.165) is 55.1 Å². The second kappa shape index (κ2) is 7.37. The summed E-state index contributed by atoms with van der Waals surface area (Å²) in [5.74, 6) is 0.918. The molecular formula is C23H26N6. The highest BCUT2D eigenvalue weighted by atomic mass is 15.3. The first kappa shape index (κ1) is 17.9. The number of benzene rings is 2. The van der Waals surface area contributed by atoms with Crippen LogP contribution in [0.5, 0.6) is 0 Å². The number of nitrogens with one attached hydrogen (secondary N) is 1. The van der Waals surface area contributed by atoms with Crippen LogP contribution in [0.15, 0.2) is 54.9 Å². The predicted molar refractivity (Wildman–Crippen MR) is 117 cm³/mol. The van der Waals surface area contributed by atoms with E-state index in [9.17, 15) is 0 Å². The van der Waals surface area contributed by atoms with Crippen molar-refractivity contribution in [3.05, 3.63) is 66.0 Å². The van der Waals surface area contributed by atoms with Gasteiger partial charge in [0.05, 0.1) is 17.6 Å². The maximum absolute atomic E-state index is 4.96. The molecule has 0 aliphatic carbocycles. The summed E-state index contributed by atoms with van der Waals surface area (Å²) in [7, 11) is 2.19. The second-order valence-corrected chi connectivity index (χ2v) is 7.90. The molecule has 29 heavy (non-hydrogen) atoms. The van der Waals surface area contributed by atoms with Crippen molar-refractivity contribution in [1.82, 2.24) is 24.6 Å². The number of H-pyrrole nitrogens is 1. The molecule has 5 rings (SSSR count). The summed E-state index contributed by atoms with van der Waals surface area (Å²) in [6, 6.07) is 14.9. The van der Waals surface area contributed by atoms with Gasteiger partial charge in [0.1, 0.15) is 5.82 Å². The van der Waals surface area contributed by atoms with Gasteiger partial charge in [0.25, 0.3) is 0 Å². The molecule has 1 N–H and O–H groups in total. The molecular weight excluding hydrogens is 360 g/mol. The van der Waals surface area contributed by atoms with Crippen molar-refractivity contribution in [3.63, 3.8) is 0 Å². The minimum Gasteiger partial charge on any atom is -0.369 e. The lowest BCUT2D eigenvalue weighted by Crippen LogP contribution is -2.44. The molecule has 1 fully saturated rings. The van der Waals surface area contributed by atoms with E-state index in [1.165, 1.54) is 16.8 Å². The number of anilines is 1. The third-order valence-electron chi connectivity index (χ3n) is 5.79. The van der Waals surface area contributed by atoms with Gasteiger partial charge in [-0.1, -0.05) is 24.3 Å². The fourth-order valence-corrected chi connectivity index (χ4v) is 4.10. The molecule has 0 atom stereocenters. The third-order valence-corrected chi connectivity index (χ3v) is 5.79. The molecule has 0 spiro atoms. The van der Waals surface area contributed by atoms with E-state index in [4.69, 9.17) is 4.98 Å². The standard InChI is InChI=1S/C23H26N6/c1-17-14-19(28-12-10-27(2)11-13-28)15-21-22(17)26-23(25-21)20-7-4-3-6-18(20)16-29-9-5-8-24-29/h3-9,14-15H,10-13,16H2,1-2H3,(H,25,26). The van der Waals surface area contributed by atoms with Crippen molar-refractivity contribution >= 4 is 16.7 Å². The highest BCUT2D eigenvalue weighted by Gasteiger charge is 2.17. The Morgan fingerprint density at radius 1 is 1.03 bits per heavy atom. The number of hydrogen-bond donors (Lipinski definition) is 1. The zero-order valence-corrected chi connectivity index (χ0v) is 17.0. The highest BCUT2D eigenvalue weighted by molar-refractivity contribution is 5.86. The first-order valence-electron chi connectivity index (χ1n) is 10.2. The van der Waals surface area contributed by atoms with Crippen molar-refractivity contribution in [1.29, 1.82) is 0 Å². The molecule has 4 aromatic rings. The van der Waals surface area contributed by atoms with E-state index in [1.54, 1.807) is 0 Å². The lowest BCUT2D eigenvalue weighted by molar-refractivity contribution is 0.313. The Balaban J connectivity index is 1.51. The van der Waals surface area contributed by atoms with Crippen molar-refractivity contribution in [2.75, 3.05) is 38.1 Å². The van der Waals surface area contributed by atoms with Gasteiger partial charge in [-0.2, -0.15) is 5.10 Å². The second-order valence-electron chi connectivity index (χ2n) is 7.90. The molecule has 2 aromatic carbocycles. The SMILES string of the molecule is Cc1cc(N2CCN(C)CC2)cc2[nH]c(-c3ccccc3Cn3cccn3)nc12. The van der Waals surface area contributed by atoms with Crippen LogP contribution in [0.2, 0.25) is 0 Å². The quantitative estimate of drug-likeness (QED) is 0.583. The Morgan fingerprint density at radius 2 is 1.86 bits per heavy atom. The normalized spacial score (nSPS) is 15.3. The van der Waals surface area contributed by atoms with Crippen molar-refractivity contribution < 1.29 is 0 Å². The maximum atomic E-state index is 4.96. The predicted octanol–water partition coefficient (Wildman–Crippen LogP) is 3.53. The highest BCUT2D eigenvalue weighted by Crippen LogP contribution is 2.29. The van der Waals surface area contributed by atoms with Gasteiger partial charge in [-0.15, -0.1) is 0 Å². The van der Waals surface area contributed by atoms with Crippen LogP contribution in [0.1, 0.15) is 11.1 Å². The smallest absolute Gasteiger partial charge is 0.138 e. The molecule has 0 amide bonds. The monoisotopic (exact) mass is 386 g/mol. The van der Waals surface area contributed by atoms with Crippen molar-refractivity contribution in [3.8, 4) is 11.4 Å². The Hall–Kier alpha value is -3.12. The molecule has 6 nitrogen and oxygen atoms in total. The van der Waals surface area contributed by atoms with Crippen LogP contribution in [0, 0.1) is 6.92 Å². The number of rotatable bonds is 4. The average molecular weight is 387 g/mol. The molecule has 1 aliphatic rings. The summed E-state index contributed by atoms with van der Waals surface area (Å²) < 4.78 is 1.94. The number of aryl methyl sites for hydroxylation is 1. The lowest BCUT2D eigenvalue weighted by atomic mass is 10.1. The maximum Gasteiger partial charge on any atom is 0.138 e. The minimum atomic E-state index is 0.728. The van der Waals surface area contributed by atoms with Gasteiger partial charge in [0.2, 0.25) is 0 Å². The van der Waals surface area contributed by atoms with Gasteiger partial charge < -0.3 is 14.8 Å². The molecule has 0 bridgehead atoms. The number of imidazole rings is 1. The number of nitrogens with zero attached hydrogens (tertiary/aromatic N) is 5. The first-order chi connectivity index (χ1) is 14.2. The number of likely N-dealkylation sites (N-methyl/N-ethyl adjacent to an activating group) is 1. The van der Waals surface area contributed by atoms with Crippen LogP contribution < -0.4 is 4.90 Å². The minimum absolute atomic E-state index is 0.728. The van der Waals surface area contributed by atoms with Gasteiger partial charge in [-0.05, 0) is 43.3 Å². The zero-order valence-electron chi connectivity index (χ0n) is 17.0.